The van der Waals surface area contributed by atoms with Crippen molar-refractivity contribution in [3.8, 4) is 0 Å². The molecular weight excluding hydrogens is 196 g/mol. The zero-order valence-electron chi connectivity index (χ0n) is 6.49. The molecule has 0 radical (unpaired) electrons. The van der Waals surface area contributed by atoms with Gasteiger partial charge in [0.25, 0.3) is 0 Å². The van der Waals surface area contributed by atoms with Gasteiger partial charge in [-0.05, 0) is 0 Å². The number of hydrogen-bond donors (Lipinski definition) is 3. The van der Waals surface area contributed by atoms with Crippen LogP contribution in [0.15, 0.2) is 6.07 Å². The Kier molecular flexibility index (Phi) is 2.86. The van der Waals surface area contributed by atoms with E-state index < -0.39 is 5.97 Å². The van der Waals surface area contributed by atoms with Crippen LogP contribution in [0.2, 0.25) is 5.15 Å². The maximum Gasteiger partial charge on any atom is 0.322 e. The maximum absolute atomic E-state index is 10.2. The first-order valence-electron chi connectivity index (χ1n) is 3.33. The van der Waals surface area contributed by atoms with E-state index in [2.05, 4.69) is 15.3 Å². The van der Waals surface area contributed by atoms with Crippen molar-refractivity contribution in [2.24, 2.45) is 0 Å². The Morgan fingerprint density at radius 3 is 2.92 bits per heavy atom. The highest BCUT2D eigenvalue weighted by Crippen LogP contribution is 2.11. The fraction of sp³-hybridized carbons (Fsp3) is 0.167. The van der Waals surface area contributed by atoms with Gasteiger partial charge in [-0.15, -0.1) is 0 Å². The molecule has 0 spiro atoms. The topological polar surface area (TPSA) is 101 Å². The highest BCUT2D eigenvalue weighted by molar-refractivity contribution is 6.29. The molecule has 4 N–H and O–H groups in total. The number of aliphatic carboxylic acids is 1. The zero-order valence-corrected chi connectivity index (χ0v) is 7.25. The van der Waals surface area contributed by atoms with Crippen LogP contribution in [0.5, 0.6) is 0 Å². The van der Waals surface area contributed by atoms with E-state index in [4.69, 9.17) is 22.4 Å². The number of carbonyl (C=O) groups is 1. The standard InChI is InChI=1S/C6H7ClN4O2/c7-3-1-4(9-2-5(12)13)11-6(8)10-3/h1H,2H2,(H,12,13)(H3,8,9,10,11). The summed E-state index contributed by atoms with van der Waals surface area (Å²) in [6.07, 6.45) is 0. The van der Waals surface area contributed by atoms with Gasteiger partial charge in [-0.3, -0.25) is 4.79 Å². The van der Waals surface area contributed by atoms with Crippen molar-refractivity contribution in [3.05, 3.63) is 11.2 Å². The minimum absolute atomic E-state index is 0.000360. The Morgan fingerprint density at radius 1 is 1.69 bits per heavy atom. The van der Waals surface area contributed by atoms with Crippen LogP contribution in [0.1, 0.15) is 0 Å². The second-order valence-corrected chi connectivity index (χ2v) is 2.57. The lowest BCUT2D eigenvalue weighted by Gasteiger charge is -2.02. The molecule has 0 fully saturated rings. The monoisotopic (exact) mass is 202 g/mol. The van der Waals surface area contributed by atoms with Gasteiger partial charge in [0.05, 0.1) is 0 Å². The minimum Gasteiger partial charge on any atom is -0.480 e. The van der Waals surface area contributed by atoms with Crippen molar-refractivity contribution in [1.82, 2.24) is 9.97 Å². The first-order valence-corrected chi connectivity index (χ1v) is 3.71. The van der Waals surface area contributed by atoms with Crippen molar-refractivity contribution in [2.45, 2.75) is 0 Å². The average Bonchev–Trinajstić information content (AvgIpc) is 1.99. The lowest BCUT2D eigenvalue weighted by atomic mass is 10.5. The smallest absolute Gasteiger partial charge is 0.322 e. The van der Waals surface area contributed by atoms with Gasteiger partial charge < -0.3 is 16.2 Å². The van der Waals surface area contributed by atoms with Gasteiger partial charge in [-0.1, -0.05) is 11.6 Å². The number of rotatable bonds is 3. The normalized spacial score (nSPS) is 9.62. The van der Waals surface area contributed by atoms with Gasteiger partial charge in [-0.2, -0.15) is 4.98 Å². The Balaban J connectivity index is 2.71. The van der Waals surface area contributed by atoms with Crippen molar-refractivity contribution in [2.75, 3.05) is 17.6 Å². The van der Waals surface area contributed by atoms with Gasteiger partial charge in [0.2, 0.25) is 5.95 Å². The first kappa shape index (κ1) is 9.53. The number of halogens is 1. The molecule has 0 saturated carbocycles. The molecule has 0 amide bonds. The van der Waals surface area contributed by atoms with Crippen LogP contribution in [0.4, 0.5) is 11.8 Å². The molecule has 0 unspecified atom stereocenters. The largest absolute Gasteiger partial charge is 0.480 e. The van der Waals surface area contributed by atoms with E-state index in [-0.39, 0.29) is 17.6 Å². The number of nitrogens with two attached hydrogens (primary N) is 1. The van der Waals surface area contributed by atoms with Crippen LogP contribution in [-0.4, -0.2) is 27.6 Å². The predicted octanol–water partition coefficient (Wildman–Crippen LogP) is 0.209. The second-order valence-electron chi connectivity index (χ2n) is 2.18. The van der Waals surface area contributed by atoms with E-state index in [1.165, 1.54) is 6.07 Å². The molecular formula is C6H7ClN4O2. The molecule has 1 aromatic rings. The molecule has 0 saturated heterocycles. The Hall–Kier alpha value is -1.56. The first-order chi connectivity index (χ1) is 6.08. The van der Waals surface area contributed by atoms with Gasteiger partial charge in [0, 0.05) is 6.07 Å². The number of carboxylic acid groups (broad SMARTS) is 1. The summed E-state index contributed by atoms with van der Waals surface area (Å²) in [6.45, 7) is -0.243. The third-order valence-electron chi connectivity index (χ3n) is 1.13. The molecule has 0 atom stereocenters. The van der Waals surface area contributed by atoms with Gasteiger partial charge in [0.15, 0.2) is 0 Å². The Labute approximate surface area is 78.7 Å². The minimum atomic E-state index is -0.992. The van der Waals surface area contributed by atoms with Gasteiger partial charge in [-0.25, -0.2) is 4.98 Å². The number of nitrogen functional groups attached to an aromatic ring is 1. The molecule has 1 aromatic heterocycles. The van der Waals surface area contributed by atoms with Crippen molar-refractivity contribution in [3.63, 3.8) is 0 Å². The molecule has 70 valence electrons. The summed E-state index contributed by atoms with van der Waals surface area (Å²) < 4.78 is 0. The lowest BCUT2D eigenvalue weighted by molar-refractivity contribution is -0.134. The SMILES string of the molecule is Nc1nc(Cl)cc(NCC(=O)O)n1. The van der Waals surface area contributed by atoms with Crippen LogP contribution >= 0.6 is 11.6 Å². The number of hydrogen-bond acceptors (Lipinski definition) is 5. The molecule has 1 heterocycles. The van der Waals surface area contributed by atoms with Crippen LogP contribution in [0, 0.1) is 0 Å². The second kappa shape index (κ2) is 3.90. The van der Waals surface area contributed by atoms with E-state index in [1.807, 2.05) is 0 Å². The number of anilines is 2. The summed E-state index contributed by atoms with van der Waals surface area (Å²) in [7, 11) is 0. The summed E-state index contributed by atoms with van der Waals surface area (Å²) in [5, 5.41) is 11.0. The molecule has 0 aliphatic carbocycles. The predicted molar refractivity (Wildman–Crippen MR) is 47.6 cm³/mol. The zero-order chi connectivity index (χ0) is 9.84. The van der Waals surface area contributed by atoms with Crippen LogP contribution in [-0.2, 0) is 4.79 Å². The summed E-state index contributed by atoms with van der Waals surface area (Å²) in [6, 6.07) is 1.39. The van der Waals surface area contributed by atoms with Crippen LogP contribution in [0.3, 0.4) is 0 Å². The fourth-order valence-corrected chi connectivity index (χ4v) is 0.882. The Bertz CT molecular complexity index is 310. The van der Waals surface area contributed by atoms with E-state index >= 15 is 0 Å². The third-order valence-corrected chi connectivity index (χ3v) is 1.33. The van der Waals surface area contributed by atoms with Gasteiger partial charge >= 0.3 is 5.97 Å². The summed E-state index contributed by atoms with van der Waals surface area (Å²) in [4.78, 5) is 17.5. The molecule has 0 bridgehead atoms. The van der Waals surface area contributed by atoms with E-state index in [0.29, 0.717) is 5.82 Å². The molecule has 0 aliphatic heterocycles. The van der Waals surface area contributed by atoms with Crippen LogP contribution in [0.25, 0.3) is 0 Å². The van der Waals surface area contributed by atoms with E-state index in [0.717, 1.165) is 0 Å². The Morgan fingerprint density at radius 2 is 2.38 bits per heavy atom. The lowest BCUT2D eigenvalue weighted by Crippen LogP contribution is -2.13. The maximum atomic E-state index is 10.2. The highest BCUT2D eigenvalue weighted by Gasteiger charge is 2.01. The molecule has 1 rings (SSSR count). The van der Waals surface area contributed by atoms with E-state index in [9.17, 15) is 4.79 Å². The molecule has 13 heavy (non-hydrogen) atoms. The number of nitrogens with zero attached hydrogens (tertiary/aromatic N) is 2. The highest BCUT2D eigenvalue weighted by atomic mass is 35.5. The van der Waals surface area contributed by atoms with Crippen molar-refractivity contribution < 1.29 is 9.90 Å². The fourth-order valence-electron chi connectivity index (χ4n) is 0.692. The quantitative estimate of drug-likeness (QED) is 0.606. The van der Waals surface area contributed by atoms with E-state index in [1.54, 1.807) is 0 Å². The third kappa shape index (κ3) is 3.12. The van der Waals surface area contributed by atoms with Crippen molar-refractivity contribution >= 4 is 29.3 Å². The number of nitrogens with one attached hydrogen (secondary N) is 1. The number of carboxylic acids is 1. The molecule has 7 heteroatoms. The van der Waals surface area contributed by atoms with Gasteiger partial charge in [0.1, 0.15) is 17.5 Å². The number of aromatic nitrogens is 2. The molecule has 0 aromatic carbocycles. The van der Waals surface area contributed by atoms with Crippen molar-refractivity contribution in [1.29, 1.82) is 0 Å². The average molecular weight is 203 g/mol. The van der Waals surface area contributed by atoms with Crippen LogP contribution < -0.4 is 11.1 Å². The summed E-state index contributed by atoms with van der Waals surface area (Å²) >= 11 is 5.55. The molecule has 0 aliphatic rings. The summed E-state index contributed by atoms with van der Waals surface area (Å²) in [5.74, 6) is -0.700. The molecule has 6 nitrogen and oxygen atoms in total. The summed E-state index contributed by atoms with van der Waals surface area (Å²) in [5.41, 5.74) is 5.27.